The third-order valence-corrected chi connectivity index (χ3v) is 6.39. The summed E-state index contributed by atoms with van der Waals surface area (Å²) in [7, 11) is 0. The zero-order valence-electron chi connectivity index (χ0n) is 18.4. The quantitative estimate of drug-likeness (QED) is 0.293. The van der Waals surface area contributed by atoms with Crippen LogP contribution in [0.15, 0.2) is 70.7 Å². The molecule has 0 atom stereocenters. The van der Waals surface area contributed by atoms with Gasteiger partial charge in [0.05, 0.1) is 0 Å². The highest BCUT2D eigenvalue weighted by Gasteiger charge is 2.18. The highest BCUT2D eigenvalue weighted by Crippen LogP contribution is 2.31. The van der Waals surface area contributed by atoms with E-state index in [1.54, 1.807) is 24.3 Å². The minimum atomic E-state index is -0.188. The van der Waals surface area contributed by atoms with Crippen LogP contribution in [0.5, 0.6) is 0 Å². The number of nitrogens with one attached hydrogen (secondary N) is 3. The van der Waals surface area contributed by atoms with E-state index in [9.17, 15) is 4.79 Å². The molecule has 10 heteroatoms. The Labute approximate surface area is 206 Å². The van der Waals surface area contributed by atoms with E-state index >= 15 is 0 Å². The second-order valence-electron chi connectivity index (χ2n) is 7.88. The van der Waals surface area contributed by atoms with Crippen LogP contribution in [0.25, 0.3) is 0 Å². The first-order chi connectivity index (χ1) is 16.5. The molecule has 1 amide bonds. The zero-order chi connectivity index (χ0) is 23.5. The number of benzene rings is 2. The fourth-order valence-electron chi connectivity index (χ4n) is 3.36. The van der Waals surface area contributed by atoms with Crippen LogP contribution in [-0.4, -0.2) is 39.2 Å². The Morgan fingerprint density at radius 3 is 2.44 bits per heavy atom. The van der Waals surface area contributed by atoms with Gasteiger partial charge in [-0.3, -0.25) is 9.89 Å². The smallest absolute Gasteiger partial charge is 0.255 e. The Kier molecular flexibility index (Phi) is 6.37. The van der Waals surface area contributed by atoms with E-state index in [0.717, 1.165) is 35.9 Å². The van der Waals surface area contributed by atoms with Crippen molar-refractivity contribution < 1.29 is 4.79 Å². The van der Waals surface area contributed by atoms with Gasteiger partial charge in [0, 0.05) is 52.1 Å². The molecule has 0 saturated carbocycles. The van der Waals surface area contributed by atoms with E-state index in [1.807, 2.05) is 43.3 Å². The average Bonchev–Trinajstić information content (AvgIpc) is 3.18. The van der Waals surface area contributed by atoms with E-state index in [2.05, 4.69) is 30.7 Å². The summed E-state index contributed by atoms with van der Waals surface area (Å²) in [6.45, 7) is 3.93. The molecule has 5 rings (SSSR count). The average molecular weight is 492 g/mol. The zero-order valence-corrected chi connectivity index (χ0v) is 20.0. The van der Waals surface area contributed by atoms with Crippen molar-refractivity contribution in [2.45, 2.75) is 23.4 Å². The molecule has 4 aromatic rings. The number of amides is 1. The highest BCUT2D eigenvalue weighted by atomic mass is 35.5. The Balaban J connectivity index is 1.30. The maximum Gasteiger partial charge on any atom is 0.255 e. The third kappa shape index (κ3) is 5.32. The number of aromatic amines is 1. The third-order valence-electron chi connectivity index (χ3n) is 5.26. The number of carbonyl (C=O) groups excluding carboxylic acids is 1. The molecule has 1 fully saturated rings. The standard InChI is InChI=1S/C24H22ClN7OS/c1-15-13-21(31-30-15)27-20-14-22(32-11-2-12-32)29-24(28-20)34-19-9-7-18(8-10-19)26-23(33)16-3-5-17(25)6-4-16/h3-10,13-14H,2,11-12H2,1H3,(H,26,33)(H2,27,28,29,30,31). The van der Waals surface area contributed by atoms with Crippen molar-refractivity contribution in [3.63, 3.8) is 0 Å². The number of anilines is 4. The maximum absolute atomic E-state index is 12.4. The molecule has 2 aromatic heterocycles. The van der Waals surface area contributed by atoms with Crippen LogP contribution in [0.4, 0.5) is 23.1 Å². The molecule has 1 aliphatic rings. The molecule has 1 aliphatic heterocycles. The summed E-state index contributed by atoms with van der Waals surface area (Å²) in [5, 5.41) is 14.5. The van der Waals surface area contributed by atoms with Crippen molar-refractivity contribution in [1.29, 1.82) is 0 Å². The Bertz CT molecular complexity index is 1300. The highest BCUT2D eigenvalue weighted by molar-refractivity contribution is 7.99. The van der Waals surface area contributed by atoms with Crippen molar-refractivity contribution in [1.82, 2.24) is 20.2 Å². The van der Waals surface area contributed by atoms with Crippen LogP contribution in [0.3, 0.4) is 0 Å². The van der Waals surface area contributed by atoms with Gasteiger partial charge in [-0.15, -0.1) is 0 Å². The number of aromatic nitrogens is 4. The maximum atomic E-state index is 12.4. The van der Waals surface area contributed by atoms with Crippen LogP contribution in [-0.2, 0) is 0 Å². The molecule has 0 aliphatic carbocycles. The van der Waals surface area contributed by atoms with Gasteiger partial charge in [-0.05, 0) is 73.6 Å². The molecule has 0 spiro atoms. The van der Waals surface area contributed by atoms with Crippen molar-refractivity contribution in [2.75, 3.05) is 28.6 Å². The number of hydrogen-bond acceptors (Lipinski definition) is 7. The number of H-pyrrole nitrogens is 1. The van der Waals surface area contributed by atoms with Gasteiger partial charge in [-0.2, -0.15) is 5.10 Å². The van der Waals surface area contributed by atoms with Crippen molar-refractivity contribution in [3.8, 4) is 0 Å². The largest absolute Gasteiger partial charge is 0.356 e. The van der Waals surface area contributed by atoms with Gasteiger partial charge in [0.1, 0.15) is 11.6 Å². The molecule has 3 N–H and O–H groups in total. The Hall–Kier alpha value is -3.56. The topological polar surface area (TPSA) is 98.8 Å². The van der Waals surface area contributed by atoms with Crippen LogP contribution in [0, 0.1) is 6.92 Å². The van der Waals surface area contributed by atoms with Gasteiger partial charge in [0.25, 0.3) is 5.91 Å². The lowest BCUT2D eigenvalue weighted by Crippen LogP contribution is -2.37. The van der Waals surface area contributed by atoms with Gasteiger partial charge in [-0.1, -0.05) is 11.6 Å². The number of aryl methyl sites for hydroxylation is 1. The van der Waals surface area contributed by atoms with Crippen molar-refractivity contribution in [3.05, 3.63) is 76.9 Å². The second kappa shape index (κ2) is 9.74. The molecule has 0 unspecified atom stereocenters. The summed E-state index contributed by atoms with van der Waals surface area (Å²) in [4.78, 5) is 25.0. The van der Waals surface area contributed by atoms with Gasteiger partial charge in [-0.25, -0.2) is 9.97 Å². The Morgan fingerprint density at radius 2 is 1.79 bits per heavy atom. The summed E-state index contributed by atoms with van der Waals surface area (Å²) in [6, 6.07) is 18.3. The molecular formula is C24H22ClN7OS. The number of carbonyl (C=O) groups is 1. The van der Waals surface area contributed by atoms with E-state index in [0.29, 0.717) is 33.1 Å². The lowest BCUT2D eigenvalue weighted by molar-refractivity contribution is 0.102. The van der Waals surface area contributed by atoms with Gasteiger partial charge in [0.15, 0.2) is 11.0 Å². The van der Waals surface area contributed by atoms with Crippen LogP contribution < -0.4 is 15.5 Å². The molecule has 0 bridgehead atoms. The minimum absolute atomic E-state index is 0.188. The predicted molar refractivity (Wildman–Crippen MR) is 135 cm³/mol. The van der Waals surface area contributed by atoms with Crippen molar-refractivity contribution >= 4 is 52.4 Å². The summed E-state index contributed by atoms with van der Waals surface area (Å²) in [6.07, 6.45) is 1.16. The number of nitrogens with zero attached hydrogens (tertiary/aromatic N) is 4. The first-order valence-corrected chi connectivity index (χ1v) is 12.0. The number of rotatable bonds is 7. The number of halogens is 1. The molecule has 34 heavy (non-hydrogen) atoms. The van der Waals surface area contributed by atoms with E-state index in [1.165, 1.54) is 11.8 Å². The summed E-state index contributed by atoms with van der Waals surface area (Å²) < 4.78 is 0. The summed E-state index contributed by atoms with van der Waals surface area (Å²) in [5.74, 6) is 2.11. The first-order valence-electron chi connectivity index (χ1n) is 10.8. The van der Waals surface area contributed by atoms with Gasteiger partial charge in [0.2, 0.25) is 0 Å². The fraction of sp³-hybridized carbons (Fsp3) is 0.167. The molecule has 1 saturated heterocycles. The van der Waals surface area contributed by atoms with E-state index in [4.69, 9.17) is 16.6 Å². The first kappa shape index (κ1) is 22.2. The van der Waals surface area contributed by atoms with Gasteiger partial charge >= 0.3 is 0 Å². The molecule has 3 heterocycles. The lowest BCUT2D eigenvalue weighted by atomic mass is 10.2. The molecule has 0 radical (unpaired) electrons. The van der Waals surface area contributed by atoms with Gasteiger partial charge < -0.3 is 15.5 Å². The van der Waals surface area contributed by atoms with E-state index < -0.39 is 0 Å². The molecule has 8 nitrogen and oxygen atoms in total. The summed E-state index contributed by atoms with van der Waals surface area (Å²) in [5.41, 5.74) is 2.22. The van der Waals surface area contributed by atoms with E-state index in [-0.39, 0.29) is 5.91 Å². The molecule has 172 valence electrons. The summed E-state index contributed by atoms with van der Waals surface area (Å²) >= 11 is 7.36. The fourth-order valence-corrected chi connectivity index (χ4v) is 4.25. The lowest BCUT2D eigenvalue weighted by Gasteiger charge is -2.32. The second-order valence-corrected chi connectivity index (χ2v) is 9.36. The number of hydrogen-bond donors (Lipinski definition) is 3. The van der Waals surface area contributed by atoms with Crippen LogP contribution >= 0.6 is 23.4 Å². The predicted octanol–water partition coefficient (Wildman–Crippen LogP) is 5.52. The minimum Gasteiger partial charge on any atom is -0.356 e. The van der Waals surface area contributed by atoms with Crippen LogP contribution in [0.1, 0.15) is 22.5 Å². The Morgan fingerprint density at radius 1 is 1.03 bits per heavy atom. The molecular weight excluding hydrogens is 470 g/mol. The van der Waals surface area contributed by atoms with Crippen molar-refractivity contribution in [2.24, 2.45) is 0 Å². The monoisotopic (exact) mass is 491 g/mol. The molecule has 2 aromatic carbocycles. The van der Waals surface area contributed by atoms with Crippen LogP contribution in [0.2, 0.25) is 5.02 Å². The normalized spacial score (nSPS) is 12.8. The SMILES string of the molecule is Cc1cc(Nc2cc(N3CCC3)nc(Sc3ccc(NC(=O)c4ccc(Cl)cc4)cc3)n2)n[nH]1.